The Hall–Kier alpha value is -0.610. The van der Waals surface area contributed by atoms with Crippen molar-refractivity contribution in [2.24, 2.45) is 0 Å². The maximum atomic E-state index is 11.1. The lowest BCUT2D eigenvalue weighted by atomic mass is 10.1. The van der Waals surface area contributed by atoms with Crippen LogP contribution < -0.4 is 5.32 Å². The fourth-order valence-corrected chi connectivity index (χ4v) is 1.46. The maximum absolute atomic E-state index is 11.1. The summed E-state index contributed by atoms with van der Waals surface area (Å²) in [6, 6.07) is 0.177. The van der Waals surface area contributed by atoms with Crippen LogP contribution in [0.5, 0.6) is 0 Å². The molecule has 1 aliphatic heterocycles. The molecular weight excluding hydrogens is 170 g/mol. The van der Waals surface area contributed by atoms with Crippen LogP contribution in [0.25, 0.3) is 0 Å². The van der Waals surface area contributed by atoms with Gasteiger partial charge in [-0.05, 0) is 19.8 Å². The molecule has 1 aliphatic rings. The molecule has 1 rings (SSSR count). The zero-order chi connectivity index (χ0) is 9.68. The average Bonchev–Trinajstić information content (AvgIpc) is 2.18. The molecule has 1 heterocycles. The molecule has 0 radical (unpaired) electrons. The Labute approximate surface area is 78.6 Å². The molecule has 4 nitrogen and oxygen atoms in total. The van der Waals surface area contributed by atoms with Crippen LogP contribution in [0.1, 0.15) is 19.8 Å². The number of methoxy groups -OCH3 is 1. The van der Waals surface area contributed by atoms with E-state index in [-0.39, 0.29) is 12.0 Å². The standard InChI is InChI=1S/C9H17NO3/c1-7(9(11)12-2)10-8-3-5-13-6-4-8/h7-8,10H,3-6H2,1-2H3. The Morgan fingerprint density at radius 2 is 2.15 bits per heavy atom. The van der Waals surface area contributed by atoms with E-state index in [2.05, 4.69) is 10.1 Å². The van der Waals surface area contributed by atoms with Gasteiger partial charge in [-0.2, -0.15) is 0 Å². The molecule has 0 saturated carbocycles. The van der Waals surface area contributed by atoms with Crippen LogP contribution in [0.4, 0.5) is 0 Å². The predicted octanol–water partition coefficient (Wildman–Crippen LogP) is 0.316. The van der Waals surface area contributed by atoms with Crippen LogP contribution in [0.2, 0.25) is 0 Å². The third kappa shape index (κ3) is 3.32. The third-order valence-corrected chi connectivity index (χ3v) is 2.26. The number of nitrogens with one attached hydrogen (secondary N) is 1. The summed E-state index contributed by atoms with van der Waals surface area (Å²) >= 11 is 0. The maximum Gasteiger partial charge on any atom is 0.322 e. The quantitative estimate of drug-likeness (QED) is 0.646. The van der Waals surface area contributed by atoms with Crippen molar-refractivity contribution in [1.82, 2.24) is 5.32 Å². The molecule has 0 spiro atoms. The number of carbonyl (C=O) groups excluding carboxylic acids is 1. The Morgan fingerprint density at radius 3 is 2.69 bits per heavy atom. The molecule has 1 saturated heterocycles. The predicted molar refractivity (Wildman–Crippen MR) is 48.5 cm³/mol. The number of hydrogen-bond donors (Lipinski definition) is 1. The van der Waals surface area contributed by atoms with Crippen LogP contribution in [0.15, 0.2) is 0 Å². The van der Waals surface area contributed by atoms with Gasteiger partial charge in [0.1, 0.15) is 6.04 Å². The molecule has 0 aliphatic carbocycles. The molecule has 76 valence electrons. The summed E-state index contributed by atoms with van der Waals surface area (Å²) in [6.45, 7) is 3.39. The van der Waals surface area contributed by atoms with Gasteiger partial charge in [-0.1, -0.05) is 0 Å². The van der Waals surface area contributed by atoms with Crippen molar-refractivity contribution in [1.29, 1.82) is 0 Å². The van der Waals surface area contributed by atoms with Crippen molar-refractivity contribution in [3.63, 3.8) is 0 Å². The highest BCUT2D eigenvalue weighted by Crippen LogP contribution is 2.07. The summed E-state index contributed by atoms with van der Waals surface area (Å²) in [4.78, 5) is 11.1. The highest BCUT2D eigenvalue weighted by molar-refractivity contribution is 5.75. The van der Waals surface area contributed by atoms with Gasteiger partial charge in [-0.3, -0.25) is 4.79 Å². The van der Waals surface area contributed by atoms with E-state index in [9.17, 15) is 4.79 Å². The molecular formula is C9H17NO3. The first-order chi connectivity index (χ1) is 6.24. The van der Waals surface area contributed by atoms with Gasteiger partial charge in [0.25, 0.3) is 0 Å². The van der Waals surface area contributed by atoms with Gasteiger partial charge < -0.3 is 14.8 Å². The number of carbonyl (C=O) groups is 1. The monoisotopic (exact) mass is 187 g/mol. The summed E-state index contributed by atoms with van der Waals surface area (Å²) in [5.41, 5.74) is 0. The lowest BCUT2D eigenvalue weighted by molar-refractivity contribution is -0.143. The van der Waals surface area contributed by atoms with Crippen LogP contribution in [0, 0.1) is 0 Å². The van der Waals surface area contributed by atoms with E-state index >= 15 is 0 Å². The highest BCUT2D eigenvalue weighted by atomic mass is 16.5. The van der Waals surface area contributed by atoms with Gasteiger partial charge >= 0.3 is 5.97 Å². The van der Waals surface area contributed by atoms with E-state index in [1.807, 2.05) is 6.92 Å². The van der Waals surface area contributed by atoms with Gasteiger partial charge in [0.2, 0.25) is 0 Å². The molecule has 0 aromatic carbocycles. The van der Waals surface area contributed by atoms with Crippen molar-refractivity contribution in [2.45, 2.75) is 31.8 Å². The second kappa shape index (κ2) is 5.19. The molecule has 1 fully saturated rings. The Bertz CT molecular complexity index is 166. The van der Waals surface area contributed by atoms with Gasteiger partial charge in [0.15, 0.2) is 0 Å². The topological polar surface area (TPSA) is 47.6 Å². The first kappa shape index (κ1) is 10.5. The summed E-state index contributed by atoms with van der Waals surface area (Å²) in [6.07, 6.45) is 1.95. The van der Waals surface area contributed by atoms with Crippen LogP contribution in [-0.4, -0.2) is 38.4 Å². The van der Waals surface area contributed by atoms with Crippen LogP contribution in [0.3, 0.4) is 0 Å². The van der Waals surface area contributed by atoms with Gasteiger partial charge in [0, 0.05) is 19.3 Å². The average molecular weight is 187 g/mol. The normalized spacial score (nSPS) is 21.1. The summed E-state index contributed by atoms with van der Waals surface area (Å²) in [7, 11) is 1.41. The lowest BCUT2D eigenvalue weighted by Gasteiger charge is -2.25. The molecule has 0 amide bonds. The van der Waals surface area contributed by atoms with E-state index in [0.717, 1.165) is 26.1 Å². The zero-order valence-corrected chi connectivity index (χ0v) is 8.21. The molecule has 0 aromatic rings. The van der Waals surface area contributed by atoms with Gasteiger partial charge in [0.05, 0.1) is 7.11 Å². The third-order valence-electron chi connectivity index (χ3n) is 2.26. The zero-order valence-electron chi connectivity index (χ0n) is 8.21. The summed E-state index contributed by atoms with van der Waals surface area (Å²) < 4.78 is 9.83. The van der Waals surface area contributed by atoms with E-state index in [1.54, 1.807) is 0 Å². The minimum Gasteiger partial charge on any atom is -0.468 e. The number of esters is 1. The molecule has 13 heavy (non-hydrogen) atoms. The fraction of sp³-hybridized carbons (Fsp3) is 0.889. The lowest BCUT2D eigenvalue weighted by Crippen LogP contribution is -2.44. The first-order valence-electron chi connectivity index (χ1n) is 4.65. The fourth-order valence-electron chi connectivity index (χ4n) is 1.46. The molecule has 0 bridgehead atoms. The minimum absolute atomic E-state index is 0.202. The Kier molecular flexibility index (Phi) is 4.18. The Morgan fingerprint density at radius 1 is 1.54 bits per heavy atom. The van der Waals surface area contributed by atoms with Gasteiger partial charge in [-0.15, -0.1) is 0 Å². The second-order valence-corrected chi connectivity index (χ2v) is 3.30. The second-order valence-electron chi connectivity index (χ2n) is 3.30. The number of rotatable bonds is 3. The van der Waals surface area contributed by atoms with Crippen molar-refractivity contribution < 1.29 is 14.3 Å². The summed E-state index contributed by atoms with van der Waals surface area (Å²) in [5.74, 6) is -0.202. The highest BCUT2D eigenvalue weighted by Gasteiger charge is 2.19. The molecule has 1 N–H and O–H groups in total. The van der Waals surface area contributed by atoms with Crippen LogP contribution in [-0.2, 0) is 14.3 Å². The van der Waals surface area contributed by atoms with Crippen molar-refractivity contribution in [3.05, 3.63) is 0 Å². The van der Waals surface area contributed by atoms with Crippen molar-refractivity contribution >= 4 is 5.97 Å². The molecule has 1 atom stereocenters. The summed E-state index contributed by atoms with van der Waals surface area (Å²) in [5, 5.41) is 3.21. The number of hydrogen-bond acceptors (Lipinski definition) is 4. The Balaban J connectivity index is 2.25. The van der Waals surface area contributed by atoms with E-state index in [1.165, 1.54) is 7.11 Å². The molecule has 4 heteroatoms. The smallest absolute Gasteiger partial charge is 0.322 e. The van der Waals surface area contributed by atoms with Crippen molar-refractivity contribution in [3.8, 4) is 0 Å². The van der Waals surface area contributed by atoms with Gasteiger partial charge in [-0.25, -0.2) is 0 Å². The van der Waals surface area contributed by atoms with E-state index in [4.69, 9.17) is 4.74 Å². The number of ether oxygens (including phenoxy) is 2. The SMILES string of the molecule is COC(=O)C(C)NC1CCOCC1. The van der Waals surface area contributed by atoms with E-state index in [0.29, 0.717) is 6.04 Å². The minimum atomic E-state index is -0.215. The molecule has 1 unspecified atom stereocenters. The van der Waals surface area contributed by atoms with Crippen molar-refractivity contribution in [2.75, 3.05) is 20.3 Å². The first-order valence-corrected chi connectivity index (χ1v) is 4.65. The molecule has 0 aromatic heterocycles. The largest absolute Gasteiger partial charge is 0.468 e. The van der Waals surface area contributed by atoms with Crippen LogP contribution >= 0.6 is 0 Å². The van der Waals surface area contributed by atoms with E-state index < -0.39 is 0 Å².